The number of hydrogen-bond acceptors (Lipinski definition) is 3. The van der Waals surface area contributed by atoms with Crippen molar-refractivity contribution in [3.8, 4) is 0 Å². The summed E-state index contributed by atoms with van der Waals surface area (Å²) < 4.78 is 1.92. The number of aromatic nitrogens is 2. The van der Waals surface area contributed by atoms with E-state index in [1.165, 1.54) is 6.42 Å². The van der Waals surface area contributed by atoms with Crippen LogP contribution >= 0.6 is 0 Å². The lowest BCUT2D eigenvalue weighted by molar-refractivity contribution is 0.584. The zero-order valence-corrected chi connectivity index (χ0v) is 10.2. The molecule has 0 radical (unpaired) electrons. The van der Waals surface area contributed by atoms with Crippen molar-refractivity contribution in [1.82, 2.24) is 9.78 Å². The second kappa shape index (κ2) is 5.05. The second-order valence-corrected chi connectivity index (χ2v) is 4.06. The highest BCUT2D eigenvalue weighted by Gasteiger charge is 2.11. The van der Waals surface area contributed by atoms with E-state index in [-0.39, 0.29) is 0 Å². The van der Waals surface area contributed by atoms with E-state index < -0.39 is 0 Å². The van der Waals surface area contributed by atoms with Gasteiger partial charge in [0.1, 0.15) is 5.82 Å². The highest BCUT2D eigenvalue weighted by atomic mass is 15.3. The van der Waals surface area contributed by atoms with Gasteiger partial charge in [0.25, 0.3) is 0 Å². The monoisotopic (exact) mass is 210 g/mol. The number of aryl methyl sites for hydroxylation is 2. The Morgan fingerprint density at radius 2 is 2.13 bits per heavy atom. The third-order valence-corrected chi connectivity index (χ3v) is 2.79. The van der Waals surface area contributed by atoms with Crippen molar-refractivity contribution in [2.75, 3.05) is 17.6 Å². The quantitative estimate of drug-likeness (QED) is 0.783. The van der Waals surface area contributed by atoms with E-state index in [9.17, 15) is 0 Å². The minimum Gasteiger partial charge on any atom is -0.394 e. The molecule has 1 heterocycles. The highest BCUT2D eigenvalue weighted by Crippen LogP contribution is 2.22. The van der Waals surface area contributed by atoms with Crippen LogP contribution in [0.5, 0.6) is 0 Å². The van der Waals surface area contributed by atoms with Gasteiger partial charge in [-0.1, -0.05) is 20.3 Å². The Bertz CT molecular complexity index is 317. The molecular formula is C11H22N4. The fourth-order valence-corrected chi connectivity index (χ4v) is 1.43. The van der Waals surface area contributed by atoms with Crippen molar-refractivity contribution >= 4 is 11.5 Å². The minimum atomic E-state index is 0.657. The standard InChI is InChI=1S/C11H22N4/c1-5-8(3)7-13-11-10(12)9(4)14-15(11)6-2/h8,13H,5-7,12H2,1-4H3. The van der Waals surface area contributed by atoms with Crippen molar-refractivity contribution in [2.24, 2.45) is 5.92 Å². The summed E-state index contributed by atoms with van der Waals surface area (Å²) in [6, 6.07) is 0. The number of nitrogens with one attached hydrogen (secondary N) is 1. The lowest BCUT2D eigenvalue weighted by Gasteiger charge is -2.12. The third kappa shape index (κ3) is 2.64. The number of nitrogens with two attached hydrogens (primary N) is 1. The van der Waals surface area contributed by atoms with Crippen LogP contribution in [-0.4, -0.2) is 16.3 Å². The number of hydrogen-bond donors (Lipinski definition) is 2. The predicted octanol–water partition coefficient (Wildman–Crippen LogP) is 2.25. The first-order chi connectivity index (χ1) is 7.10. The lowest BCUT2D eigenvalue weighted by Crippen LogP contribution is -2.14. The van der Waals surface area contributed by atoms with Gasteiger partial charge in [-0.3, -0.25) is 0 Å². The van der Waals surface area contributed by atoms with E-state index in [1.54, 1.807) is 0 Å². The average Bonchev–Trinajstić information content (AvgIpc) is 2.52. The zero-order chi connectivity index (χ0) is 11.4. The van der Waals surface area contributed by atoms with Gasteiger partial charge in [0, 0.05) is 13.1 Å². The minimum absolute atomic E-state index is 0.657. The Hall–Kier alpha value is -1.19. The Kier molecular flexibility index (Phi) is 4.00. The van der Waals surface area contributed by atoms with Gasteiger partial charge in [0.05, 0.1) is 11.4 Å². The molecule has 0 saturated carbocycles. The van der Waals surface area contributed by atoms with Crippen LogP contribution in [0.4, 0.5) is 11.5 Å². The Balaban J connectivity index is 2.74. The number of nitrogens with zero attached hydrogens (tertiary/aromatic N) is 2. The summed E-state index contributed by atoms with van der Waals surface area (Å²) in [5.41, 5.74) is 7.64. The Morgan fingerprint density at radius 1 is 1.47 bits per heavy atom. The summed E-state index contributed by atoms with van der Waals surface area (Å²) in [6.07, 6.45) is 1.17. The molecule has 86 valence electrons. The van der Waals surface area contributed by atoms with Gasteiger partial charge < -0.3 is 11.1 Å². The van der Waals surface area contributed by atoms with E-state index in [1.807, 2.05) is 11.6 Å². The molecule has 1 atom stereocenters. The molecule has 4 heteroatoms. The van der Waals surface area contributed by atoms with Crippen molar-refractivity contribution in [2.45, 2.75) is 40.7 Å². The molecule has 0 fully saturated rings. The van der Waals surface area contributed by atoms with E-state index in [4.69, 9.17) is 5.73 Å². The normalized spacial score (nSPS) is 12.8. The molecule has 1 aromatic rings. The van der Waals surface area contributed by atoms with Crippen LogP contribution in [-0.2, 0) is 6.54 Å². The molecule has 0 aliphatic carbocycles. The fraction of sp³-hybridized carbons (Fsp3) is 0.727. The Morgan fingerprint density at radius 3 is 2.67 bits per heavy atom. The maximum absolute atomic E-state index is 5.96. The van der Waals surface area contributed by atoms with Gasteiger partial charge in [-0.15, -0.1) is 0 Å². The van der Waals surface area contributed by atoms with Crippen LogP contribution in [0.2, 0.25) is 0 Å². The maximum Gasteiger partial charge on any atom is 0.148 e. The first-order valence-electron chi connectivity index (χ1n) is 5.66. The molecule has 0 aliphatic rings. The van der Waals surface area contributed by atoms with E-state index in [0.29, 0.717) is 5.92 Å². The fourth-order valence-electron chi connectivity index (χ4n) is 1.43. The van der Waals surface area contributed by atoms with Crippen molar-refractivity contribution in [3.05, 3.63) is 5.69 Å². The summed E-state index contributed by atoms with van der Waals surface area (Å²) in [5.74, 6) is 1.63. The molecular weight excluding hydrogens is 188 g/mol. The number of anilines is 2. The molecule has 0 saturated heterocycles. The third-order valence-electron chi connectivity index (χ3n) is 2.79. The van der Waals surface area contributed by atoms with Gasteiger partial charge >= 0.3 is 0 Å². The van der Waals surface area contributed by atoms with Gasteiger partial charge in [-0.25, -0.2) is 4.68 Å². The summed E-state index contributed by atoms with van der Waals surface area (Å²) in [4.78, 5) is 0. The molecule has 1 rings (SSSR count). The van der Waals surface area contributed by atoms with E-state index >= 15 is 0 Å². The number of rotatable bonds is 5. The molecule has 0 aliphatic heterocycles. The molecule has 1 aromatic heterocycles. The van der Waals surface area contributed by atoms with E-state index in [0.717, 1.165) is 30.3 Å². The first-order valence-corrected chi connectivity index (χ1v) is 5.66. The van der Waals surface area contributed by atoms with Crippen molar-refractivity contribution < 1.29 is 0 Å². The average molecular weight is 210 g/mol. The van der Waals surface area contributed by atoms with Crippen LogP contribution in [0.3, 0.4) is 0 Å². The summed E-state index contributed by atoms with van der Waals surface area (Å²) in [6.45, 7) is 10.2. The topological polar surface area (TPSA) is 55.9 Å². The van der Waals surface area contributed by atoms with Gasteiger partial charge in [-0.2, -0.15) is 5.10 Å². The summed E-state index contributed by atoms with van der Waals surface area (Å²) >= 11 is 0. The van der Waals surface area contributed by atoms with Crippen LogP contribution in [0.15, 0.2) is 0 Å². The van der Waals surface area contributed by atoms with Crippen LogP contribution in [0, 0.1) is 12.8 Å². The predicted molar refractivity (Wildman–Crippen MR) is 65.0 cm³/mol. The van der Waals surface area contributed by atoms with Crippen molar-refractivity contribution in [3.63, 3.8) is 0 Å². The highest BCUT2D eigenvalue weighted by molar-refractivity contribution is 5.64. The molecule has 0 spiro atoms. The molecule has 0 bridgehead atoms. The second-order valence-electron chi connectivity index (χ2n) is 4.06. The van der Waals surface area contributed by atoms with Gasteiger partial charge in [0.15, 0.2) is 0 Å². The molecule has 0 amide bonds. The Labute approximate surface area is 91.8 Å². The van der Waals surface area contributed by atoms with Crippen LogP contribution in [0.1, 0.15) is 32.9 Å². The van der Waals surface area contributed by atoms with Gasteiger partial charge in [0.2, 0.25) is 0 Å². The first kappa shape index (κ1) is 11.9. The van der Waals surface area contributed by atoms with Gasteiger partial charge in [-0.05, 0) is 19.8 Å². The SMILES string of the molecule is CCC(C)CNc1c(N)c(C)nn1CC. The lowest BCUT2D eigenvalue weighted by atomic mass is 10.1. The van der Waals surface area contributed by atoms with Crippen LogP contribution < -0.4 is 11.1 Å². The van der Waals surface area contributed by atoms with Crippen molar-refractivity contribution in [1.29, 1.82) is 0 Å². The number of nitrogen functional groups attached to an aromatic ring is 1. The molecule has 3 N–H and O–H groups in total. The molecule has 1 unspecified atom stereocenters. The maximum atomic E-state index is 5.96. The summed E-state index contributed by atoms with van der Waals surface area (Å²) in [7, 11) is 0. The zero-order valence-electron chi connectivity index (χ0n) is 10.2. The molecule has 15 heavy (non-hydrogen) atoms. The molecule has 0 aromatic carbocycles. The van der Waals surface area contributed by atoms with Crippen LogP contribution in [0.25, 0.3) is 0 Å². The summed E-state index contributed by atoms with van der Waals surface area (Å²) in [5, 5.41) is 7.74. The largest absolute Gasteiger partial charge is 0.394 e. The smallest absolute Gasteiger partial charge is 0.148 e. The molecule has 4 nitrogen and oxygen atoms in total. The van der Waals surface area contributed by atoms with E-state index in [2.05, 4.69) is 31.2 Å².